The van der Waals surface area contributed by atoms with E-state index in [9.17, 15) is 19.2 Å². The highest BCUT2D eigenvalue weighted by atomic mass is 79.9. The molecule has 1 aliphatic rings. The van der Waals surface area contributed by atoms with Gasteiger partial charge in [-0.2, -0.15) is 0 Å². The third-order valence-electron chi connectivity index (χ3n) is 3.83. The van der Waals surface area contributed by atoms with Crippen molar-refractivity contribution >= 4 is 51.2 Å². The Morgan fingerprint density at radius 2 is 1.81 bits per heavy atom. The average molecular weight is 445 g/mol. The topological polar surface area (TPSA) is 95.6 Å². The van der Waals surface area contributed by atoms with Gasteiger partial charge in [0.15, 0.2) is 0 Å². The molecule has 1 aromatic rings. The molecule has 1 atom stereocenters. The van der Waals surface area contributed by atoms with Crippen molar-refractivity contribution in [3.8, 4) is 0 Å². The zero-order valence-corrected chi connectivity index (χ0v) is 16.5. The molecule has 4 amide bonds. The summed E-state index contributed by atoms with van der Waals surface area (Å²) < 4.78 is 0.731. The third-order valence-corrected chi connectivity index (χ3v) is 4.52. The standard InChI is InChI=1S/C17H19BrClN3O4/c1-10(19)15(24)21-7-6-20-14(23)3-2-8-22-16(25)12-5-4-11(18)9-13(12)17(22)26/h4-5,9-10H,2-3,6-8H2,1H3,(H,20,23)(H,21,24). The van der Waals surface area contributed by atoms with Gasteiger partial charge in [0.1, 0.15) is 5.38 Å². The van der Waals surface area contributed by atoms with Gasteiger partial charge in [0.2, 0.25) is 11.8 Å². The van der Waals surface area contributed by atoms with E-state index in [1.165, 1.54) is 0 Å². The molecule has 0 aliphatic carbocycles. The Balaban J connectivity index is 1.71. The van der Waals surface area contributed by atoms with Gasteiger partial charge in [0.25, 0.3) is 11.8 Å². The van der Waals surface area contributed by atoms with E-state index in [1.807, 2.05) is 0 Å². The molecule has 7 nitrogen and oxygen atoms in total. The smallest absolute Gasteiger partial charge is 0.261 e. The number of benzene rings is 1. The van der Waals surface area contributed by atoms with Crippen molar-refractivity contribution in [3.05, 3.63) is 33.8 Å². The van der Waals surface area contributed by atoms with Crippen LogP contribution in [0.3, 0.4) is 0 Å². The van der Waals surface area contributed by atoms with E-state index in [0.717, 1.165) is 9.37 Å². The highest BCUT2D eigenvalue weighted by Gasteiger charge is 2.35. The third kappa shape index (κ3) is 5.04. The SMILES string of the molecule is CC(Cl)C(=O)NCCNC(=O)CCCN1C(=O)c2ccc(Br)cc2C1=O. The first-order valence-corrected chi connectivity index (χ1v) is 9.38. The lowest BCUT2D eigenvalue weighted by Crippen LogP contribution is -2.37. The molecule has 0 aromatic heterocycles. The summed E-state index contributed by atoms with van der Waals surface area (Å²) in [5.74, 6) is -1.18. The summed E-state index contributed by atoms with van der Waals surface area (Å²) in [4.78, 5) is 48.8. The number of amides is 4. The summed E-state index contributed by atoms with van der Waals surface area (Å²) in [6, 6.07) is 4.95. The number of fused-ring (bicyclic) bond motifs is 1. The van der Waals surface area contributed by atoms with Crippen molar-refractivity contribution in [3.63, 3.8) is 0 Å². The number of hydrogen-bond donors (Lipinski definition) is 2. The predicted molar refractivity (Wildman–Crippen MR) is 100 cm³/mol. The number of hydrogen-bond acceptors (Lipinski definition) is 4. The number of halogens is 2. The number of imide groups is 1. The summed E-state index contributed by atoms with van der Waals surface area (Å²) in [7, 11) is 0. The quantitative estimate of drug-likeness (QED) is 0.362. The number of alkyl halides is 1. The first-order chi connectivity index (χ1) is 12.3. The van der Waals surface area contributed by atoms with E-state index >= 15 is 0 Å². The number of carbonyl (C=O) groups is 4. The van der Waals surface area contributed by atoms with Crippen molar-refractivity contribution in [2.75, 3.05) is 19.6 Å². The zero-order valence-electron chi connectivity index (χ0n) is 14.2. The first kappa shape index (κ1) is 20.4. The van der Waals surface area contributed by atoms with Gasteiger partial charge >= 0.3 is 0 Å². The first-order valence-electron chi connectivity index (χ1n) is 8.15. The fourth-order valence-electron chi connectivity index (χ4n) is 2.48. The molecule has 0 radical (unpaired) electrons. The van der Waals surface area contributed by atoms with Crippen LogP contribution in [-0.4, -0.2) is 53.5 Å². The normalized spacial score (nSPS) is 14.2. The van der Waals surface area contributed by atoms with Crippen LogP contribution in [0.4, 0.5) is 0 Å². The predicted octanol–water partition coefficient (Wildman–Crippen LogP) is 1.69. The van der Waals surface area contributed by atoms with Crippen molar-refractivity contribution in [2.45, 2.75) is 25.1 Å². The molecule has 9 heteroatoms. The van der Waals surface area contributed by atoms with Crippen LogP contribution in [-0.2, 0) is 9.59 Å². The van der Waals surface area contributed by atoms with E-state index in [4.69, 9.17) is 11.6 Å². The molecular formula is C17H19BrClN3O4. The van der Waals surface area contributed by atoms with E-state index < -0.39 is 5.38 Å². The van der Waals surface area contributed by atoms with Gasteiger partial charge < -0.3 is 10.6 Å². The number of carbonyl (C=O) groups excluding carboxylic acids is 4. The van der Waals surface area contributed by atoms with Gasteiger partial charge in [0, 0.05) is 30.5 Å². The molecule has 2 rings (SSSR count). The molecule has 140 valence electrons. The molecule has 0 saturated carbocycles. The molecule has 1 aromatic carbocycles. The van der Waals surface area contributed by atoms with Crippen LogP contribution >= 0.6 is 27.5 Å². The van der Waals surface area contributed by atoms with Crippen LogP contribution in [0, 0.1) is 0 Å². The van der Waals surface area contributed by atoms with Gasteiger partial charge in [-0.1, -0.05) is 15.9 Å². The Kier molecular flexibility index (Phi) is 7.16. The summed E-state index contributed by atoms with van der Waals surface area (Å²) in [6.45, 7) is 2.31. The number of nitrogens with one attached hydrogen (secondary N) is 2. The van der Waals surface area contributed by atoms with E-state index in [2.05, 4.69) is 26.6 Å². The van der Waals surface area contributed by atoms with Crippen molar-refractivity contribution < 1.29 is 19.2 Å². The number of nitrogens with zero attached hydrogens (tertiary/aromatic N) is 1. The Labute approximate surface area is 164 Å². The second-order valence-electron chi connectivity index (χ2n) is 5.81. The van der Waals surface area contributed by atoms with Crippen LogP contribution in [0.15, 0.2) is 22.7 Å². The number of rotatable bonds is 8. The molecule has 1 aliphatic heterocycles. The van der Waals surface area contributed by atoms with Gasteiger partial charge in [-0.05, 0) is 31.5 Å². The van der Waals surface area contributed by atoms with Crippen LogP contribution in [0.2, 0.25) is 0 Å². The lowest BCUT2D eigenvalue weighted by atomic mass is 10.1. The summed E-state index contributed by atoms with van der Waals surface area (Å²) >= 11 is 8.89. The van der Waals surface area contributed by atoms with Gasteiger partial charge in [-0.25, -0.2) is 0 Å². The maximum Gasteiger partial charge on any atom is 0.261 e. The van der Waals surface area contributed by atoms with Crippen LogP contribution < -0.4 is 10.6 Å². The highest BCUT2D eigenvalue weighted by molar-refractivity contribution is 9.10. The monoisotopic (exact) mass is 443 g/mol. The Hall–Kier alpha value is -1.93. The second-order valence-corrected chi connectivity index (χ2v) is 7.38. The molecule has 0 bridgehead atoms. The minimum atomic E-state index is -0.619. The van der Waals surface area contributed by atoms with Crippen molar-refractivity contribution in [1.82, 2.24) is 15.5 Å². The maximum atomic E-state index is 12.3. The summed E-state index contributed by atoms with van der Waals surface area (Å²) in [6.07, 6.45) is 0.542. The lowest BCUT2D eigenvalue weighted by molar-refractivity contribution is -0.122. The largest absolute Gasteiger partial charge is 0.354 e. The summed E-state index contributed by atoms with van der Waals surface area (Å²) in [5, 5.41) is 4.62. The molecule has 0 fully saturated rings. The van der Waals surface area contributed by atoms with Crippen LogP contribution in [0.5, 0.6) is 0 Å². The minimum absolute atomic E-state index is 0.178. The maximum absolute atomic E-state index is 12.3. The van der Waals surface area contributed by atoms with Gasteiger partial charge in [0.05, 0.1) is 11.1 Å². The lowest BCUT2D eigenvalue weighted by Gasteiger charge is -2.13. The van der Waals surface area contributed by atoms with Crippen molar-refractivity contribution in [1.29, 1.82) is 0 Å². The fraction of sp³-hybridized carbons (Fsp3) is 0.412. The fourth-order valence-corrected chi connectivity index (χ4v) is 2.92. The molecule has 0 saturated heterocycles. The Morgan fingerprint density at radius 1 is 1.15 bits per heavy atom. The van der Waals surface area contributed by atoms with Gasteiger partial charge in [-0.3, -0.25) is 24.1 Å². The van der Waals surface area contributed by atoms with Crippen molar-refractivity contribution in [2.24, 2.45) is 0 Å². The minimum Gasteiger partial charge on any atom is -0.354 e. The Bertz CT molecular complexity index is 739. The molecule has 1 unspecified atom stereocenters. The molecule has 26 heavy (non-hydrogen) atoms. The summed E-state index contributed by atoms with van der Waals surface area (Å²) in [5.41, 5.74) is 0.755. The molecule has 1 heterocycles. The molecule has 2 N–H and O–H groups in total. The molecule has 0 spiro atoms. The molecular weight excluding hydrogens is 426 g/mol. The highest BCUT2D eigenvalue weighted by Crippen LogP contribution is 2.26. The zero-order chi connectivity index (χ0) is 19.3. The Morgan fingerprint density at radius 3 is 2.50 bits per heavy atom. The van der Waals surface area contributed by atoms with E-state index in [1.54, 1.807) is 25.1 Å². The van der Waals surface area contributed by atoms with E-state index in [0.29, 0.717) is 17.5 Å². The average Bonchev–Trinajstić information content (AvgIpc) is 2.82. The van der Waals surface area contributed by atoms with Crippen LogP contribution in [0.25, 0.3) is 0 Å². The second kappa shape index (κ2) is 9.14. The van der Waals surface area contributed by atoms with Gasteiger partial charge in [-0.15, -0.1) is 11.6 Å². The van der Waals surface area contributed by atoms with Crippen LogP contribution in [0.1, 0.15) is 40.5 Å². The van der Waals surface area contributed by atoms with E-state index in [-0.39, 0.29) is 49.7 Å².